The van der Waals surface area contributed by atoms with Gasteiger partial charge in [-0.3, -0.25) is 4.79 Å². The smallest absolute Gasteiger partial charge is 0.234 e. The summed E-state index contributed by atoms with van der Waals surface area (Å²) in [7, 11) is 1.61. The Morgan fingerprint density at radius 1 is 1.39 bits per heavy atom. The fraction of sp³-hybridized carbons (Fsp3) is 0.923. The van der Waals surface area contributed by atoms with E-state index in [1.54, 1.807) is 7.11 Å². The predicted molar refractivity (Wildman–Crippen MR) is 72.5 cm³/mol. The van der Waals surface area contributed by atoms with Crippen LogP contribution in [0.15, 0.2) is 0 Å². The number of rotatable bonds is 10. The minimum Gasteiger partial charge on any atom is -0.396 e. The van der Waals surface area contributed by atoms with E-state index in [0.29, 0.717) is 13.2 Å². The second kappa shape index (κ2) is 9.30. The maximum Gasteiger partial charge on any atom is 0.234 e. The fourth-order valence-corrected chi connectivity index (χ4v) is 1.84. The Kier molecular flexibility index (Phi) is 8.97. The van der Waals surface area contributed by atoms with Crippen molar-refractivity contribution in [3.05, 3.63) is 0 Å². The molecule has 0 saturated carbocycles. The van der Waals surface area contributed by atoms with Crippen molar-refractivity contribution in [3.63, 3.8) is 0 Å². The lowest BCUT2D eigenvalue weighted by Gasteiger charge is -2.29. The first-order chi connectivity index (χ1) is 8.53. The summed E-state index contributed by atoms with van der Waals surface area (Å²) in [5.41, 5.74) is -0.113. The molecule has 0 radical (unpaired) electrons. The van der Waals surface area contributed by atoms with Crippen LogP contribution in [0.2, 0.25) is 0 Å². The normalized spacial score (nSPS) is 13.4. The highest BCUT2D eigenvalue weighted by atomic mass is 16.5. The van der Waals surface area contributed by atoms with E-state index in [9.17, 15) is 9.90 Å². The molecule has 5 heteroatoms. The van der Waals surface area contributed by atoms with Gasteiger partial charge in [-0.05, 0) is 19.8 Å². The van der Waals surface area contributed by atoms with Gasteiger partial charge in [0, 0.05) is 31.7 Å². The Labute approximate surface area is 110 Å². The van der Waals surface area contributed by atoms with Crippen molar-refractivity contribution >= 4 is 5.91 Å². The standard InChI is InChI=1S/C13H28N2O3/c1-5-13(6-2,10-16)9-14-7-12(17)15-11(3)8-18-4/h11,14,16H,5-10H2,1-4H3,(H,15,17). The molecular formula is C13H28N2O3. The summed E-state index contributed by atoms with van der Waals surface area (Å²) in [6, 6.07) is 0.0178. The molecule has 3 N–H and O–H groups in total. The quantitative estimate of drug-likeness (QED) is 0.536. The van der Waals surface area contributed by atoms with Crippen molar-refractivity contribution in [2.75, 3.05) is 33.4 Å². The number of nitrogens with one attached hydrogen (secondary N) is 2. The predicted octanol–water partition coefficient (Wildman–Crippen LogP) is 0.526. The first kappa shape index (κ1) is 17.4. The molecule has 18 heavy (non-hydrogen) atoms. The number of aliphatic hydroxyl groups excluding tert-OH is 1. The molecule has 0 saturated heterocycles. The van der Waals surface area contributed by atoms with Crippen molar-refractivity contribution in [2.24, 2.45) is 5.41 Å². The minimum atomic E-state index is -0.113. The lowest BCUT2D eigenvalue weighted by Crippen LogP contribution is -2.44. The van der Waals surface area contributed by atoms with Crippen molar-refractivity contribution in [1.29, 1.82) is 0 Å². The van der Waals surface area contributed by atoms with Gasteiger partial charge in [-0.15, -0.1) is 0 Å². The zero-order valence-electron chi connectivity index (χ0n) is 12.1. The summed E-state index contributed by atoms with van der Waals surface area (Å²) in [5.74, 6) is -0.0430. The molecule has 0 spiro atoms. The summed E-state index contributed by atoms with van der Waals surface area (Å²) in [6.45, 7) is 7.60. The van der Waals surface area contributed by atoms with Crippen molar-refractivity contribution in [3.8, 4) is 0 Å². The largest absolute Gasteiger partial charge is 0.396 e. The molecule has 5 nitrogen and oxygen atoms in total. The Hall–Kier alpha value is -0.650. The van der Waals surface area contributed by atoms with Crippen molar-refractivity contribution < 1.29 is 14.6 Å². The molecule has 108 valence electrons. The van der Waals surface area contributed by atoms with Crippen LogP contribution in [0.3, 0.4) is 0 Å². The van der Waals surface area contributed by atoms with E-state index in [2.05, 4.69) is 24.5 Å². The SMILES string of the molecule is CCC(CC)(CO)CNCC(=O)NC(C)COC. The molecule has 1 amide bonds. The monoisotopic (exact) mass is 260 g/mol. The summed E-state index contributed by atoms with van der Waals surface area (Å²) in [6.07, 6.45) is 1.80. The van der Waals surface area contributed by atoms with Crippen molar-refractivity contribution in [1.82, 2.24) is 10.6 Å². The molecular weight excluding hydrogens is 232 g/mol. The van der Waals surface area contributed by atoms with Crippen LogP contribution in [0.5, 0.6) is 0 Å². The first-order valence-electron chi connectivity index (χ1n) is 6.63. The molecule has 0 aromatic heterocycles. The van der Waals surface area contributed by atoms with Crippen LogP contribution in [-0.4, -0.2) is 50.5 Å². The van der Waals surface area contributed by atoms with Crippen LogP contribution >= 0.6 is 0 Å². The Bertz CT molecular complexity index is 222. The number of hydrogen-bond acceptors (Lipinski definition) is 4. The van der Waals surface area contributed by atoms with Gasteiger partial charge in [0.25, 0.3) is 0 Å². The number of amides is 1. The van der Waals surface area contributed by atoms with Crippen LogP contribution in [0, 0.1) is 5.41 Å². The molecule has 0 aliphatic heterocycles. The van der Waals surface area contributed by atoms with E-state index < -0.39 is 0 Å². The number of carbonyl (C=O) groups excluding carboxylic acids is 1. The topological polar surface area (TPSA) is 70.6 Å². The second-order valence-corrected chi connectivity index (χ2v) is 4.89. The molecule has 0 fully saturated rings. The lowest BCUT2D eigenvalue weighted by molar-refractivity contribution is -0.121. The van der Waals surface area contributed by atoms with E-state index in [4.69, 9.17) is 4.74 Å². The highest BCUT2D eigenvalue weighted by molar-refractivity contribution is 5.78. The van der Waals surface area contributed by atoms with Crippen LogP contribution in [-0.2, 0) is 9.53 Å². The summed E-state index contributed by atoms with van der Waals surface area (Å²) in [5, 5.41) is 15.3. The number of aliphatic hydroxyl groups is 1. The highest BCUT2D eigenvalue weighted by Gasteiger charge is 2.24. The Morgan fingerprint density at radius 3 is 2.44 bits per heavy atom. The van der Waals surface area contributed by atoms with Gasteiger partial charge in [0.1, 0.15) is 0 Å². The Balaban J connectivity index is 3.92. The summed E-state index contributed by atoms with van der Waals surface area (Å²) < 4.78 is 4.95. The number of methoxy groups -OCH3 is 1. The molecule has 1 unspecified atom stereocenters. The van der Waals surface area contributed by atoms with Gasteiger partial charge in [0.15, 0.2) is 0 Å². The van der Waals surface area contributed by atoms with Gasteiger partial charge in [-0.25, -0.2) is 0 Å². The van der Waals surface area contributed by atoms with Crippen molar-refractivity contribution in [2.45, 2.75) is 39.7 Å². The van der Waals surface area contributed by atoms with Gasteiger partial charge < -0.3 is 20.5 Å². The highest BCUT2D eigenvalue weighted by Crippen LogP contribution is 2.24. The lowest BCUT2D eigenvalue weighted by atomic mass is 9.83. The van der Waals surface area contributed by atoms with Gasteiger partial charge >= 0.3 is 0 Å². The maximum atomic E-state index is 11.6. The molecule has 1 atom stereocenters. The number of hydrogen-bond donors (Lipinski definition) is 3. The maximum absolute atomic E-state index is 11.6. The summed E-state index contributed by atoms with van der Waals surface area (Å²) in [4.78, 5) is 11.6. The molecule has 0 aromatic carbocycles. The van der Waals surface area contributed by atoms with Gasteiger partial charge in [-0.1, -0.05) is 13.8 Å². The van der Waals surface area contributed by atoms with Gasteiger partial charge in [0.2, 0.25) is 5.91 Å². The zero-order chi connectivity index (χ0) is 14.0. The van der Waals surface area contributed by atoms with E-state index in [1.165, 1.54) is 0 Å². The van der Waals surface area contributed by atoms with E-state index in [0.717, 1.165) is 12.8 Å². The summed E-state index contributed by atoms with van der Waals surface area (Å²) >= 11 is 0. The van der Waals surface area contributed by atoms with E-state index >= 15 is 0 Å². The molecule has 0 aliphatic carbocycles. The second-order valence-electron chi connectivity index (χ2n) is 4.89. The van der Waals surface area contributed by atoms with E-state index in [1.807, 2.05) is 6.92 Å². The molecule has 0 bridgehead atoms. The fourth-order valence-electron chi connectivity index (χ4n) is 1.84. The minimum absolute atomic E-state index is 0.0178. The molecule has 0 aliphatic rings. The number of carbonyl (C=O) groups is 1. The average Bonchev–Trinajstić information content (AvgIpc) is 2.35. The van der Waals surface area contributed by atoms with Gasteiger partial charge in [0.05, 0.1) is 13.2 Å². The molecule has 0 aromatic rings. The van der Waals surface area contributed by atoms with Crippen LogP contribution in [0.25, 0.3) is 0 Å². The van der Waals surface area contributed by atoms with Crippen LogP contribution in [0.4, 0.5) is 0 Å². The molecule has 0 rings (SSSR count). The first-order valence-corrected chi connectivity index (χ1v) is 6.63. The van der Waals surface area contributed by atoms with Crippen LogP contribution < -0.4 is 10.6 Å². The third kappa shape index (κ3) is 6.33. The Morgan fingerprint density at radius 2 is 2.00 bits per heavy atom. The third-order valence-electron chi connectivity index (χ3n) is 3.45. The third-order valence-corrected chi connectivity index (χ3v) is 3.45. The number of ether oxygens (including phenoxy) is 1. The van der Waals surface area contributed by atoms with Gasteiger partial charge in [-0.2, -0.15) is 0 Å². The average molecular weight is 260 g/mol. The van der Waals surface area contributed by atoms with Crippen LogP contribution in [0.1, 0.15) is 33.6 Å². The van der Waals surface area contributed by atoms with E-state index in [-0.39, 0.29) is 30.5 Å². The zero-order valence-corrected chi connectivity index (χ0v) is 12.1. The molecule has 0 heterocycles.